The van der Waals surface area contributed by atoms with Crippen LogP contribution in [-0.2, 0) is 4.74 Å². The maximum atomic E-state index is 12.2. The van der Waals surface area contributed by atoms with Crippen molar-refractivity contribution in [2.75, 3.05) is 25.1 Å². The highest BCUT2D eigenvalue weighted by Gasteiger charge is 2.18. The third-order valence-corrected chi connectivity index (χ3v) is 2.99. The summed E-state index contributed by atoms with van der Waals surface area (Å²) in [6, 6.07) is 2.03. The molecular formula is C13H19N3O2. The van der Waals surface area contributed by atoms with Crippen LogP contribution < -0.4 is 10.6 Å². The van der Waals surface area contributed by atoms with E-state index >= 15 is 0 Å². The Labute approximate surface area is 107 Å². The Kier molecular flexibility index (Phi) is 4.52. The van der Waals surface area contributed by atoms with Gasteiger partial charge in [0, 0.05) is 38.2 Å². The molecule has 0 bridgehead atoms. The molecule has 1 aliphatic heterocycles. The fourth-order valence-electron chi connectivity index (χ4n) is 2.03. The number of aromatic nitrogens is 1. The number of pyridine rings is 1. The highest BCUT2D eigenvalue weighted by Crippen LogP contribution is 2.14. The van der Waals surface area contributed by atoms with E-state index in [2.05, 4.69) is 15.6 Å². The molecule has 1 saturated heterocycles. The van der Waals surface area contributed by atoms with Crippen LogP contribution in [0.3, 0.4) is 0 Å². The zero-order valence-corrected chi connectivity index (χ0v) is 10.6. The van der Waals surface area contributed by atoms with E-state index in [1.807, 2.05) is 13.0 Å². The van der Waals surface area contributed by atoms with Crippen molar-refractivity contribution < 1.29 is 9.53 Å². The summed E-state index contributed by atoms with van der Waals surface area (Å²) in [6.07, 6.45) is 5.04. The fraction of sp³-hybridized carbons (Fsp3) is 0.538. The van der Waals surface area contributed by atoms with Crippen LogP contribution in [0.25, 0.3) is 0 Å². The quantitative estimate of drug-likeness (QED) is 0.847. The van der Waals surface area contributed by atoms with Crippen molar-refractivity contribution in [1.82, 2.24) is 10.3 Å². The summed E-state index contributed by atoms with van der Waals surface area (Å²) >= 11 is 0. The van der Waals surface area contributed by atoms with E-state index in [9.17, 15) is 4.79 Å². The topological polar surface area (TPSA) is 63.2 Å². The molecule has 0 unspecified atom stereocenters. The number of ether oxygens (including phenoxy) is 1. The minimum Gasteiger partial charge on any atom is -0.385 e. The standard InChI is InChI=1S/C13H19N3O2/c1-2-15-12-3-6-14-9-11(12)13(17)16-10-4-7-18-8-5-10/h3,6,9-10H,2,4-5,7-8H2,1H3,(H,14,15)(H,16,17). The van der Waals surface area contributed by atoms with E-state index in [-0.39, 0.29) is 11.9 Å². The molecule has 0 aliphatic carbocycles. The summed E-state index contributed by atoms with van der Waals surface area (Å²) in [4.78, 5) is 16.2. The molecule has 98 valence electrons. The smallest absolute Gasteiger partial charge is 0.255 e. The lowest BCUT2D eigenvalue weighted by atomic mass is 10.1. The number of carbonyl (C=O) groups is 1. The van der Waals surface area contributed by atoms with Crippen LogP contribution in [0.2, 0.25) is 0 Å². The molecule has 2 rings (SSSR count). The first-order valence-electron chi connectivity index (χ1n) is 6.37. The molecule has 0 spiro atoms. The second-order valence-electron chi connectivity index (χ2n) is 4.31. The third-order valence-electron chi connectivity index (χ3n) is 2.99. The number of amides is 1. The number of hydrogen-bond donors (Lipinski definition) is 2. The Balaban J connectivity index is 2.03. The van der Waals surface area contributed by atoms with Crippen molar-refractivity contribution in [3.8, 4) is 0 Å². The van der Waals surface area contributed by atoms with Crippen LogP contribution in [0, 0.1) is 0 Å². The average Bonchev–Trinajstić information content (AvgIpc) is 2.41. The molecule has 2 N–H and O–H groups in total. The highest BCUT2D eigenvalue weighted by molar-refractivity contribution is 5.99. The van der Waals surface area contributed by atoms with Crippen molar-refractivity contribution in [1.29, 1.82) is 0 Å². The monoisotopic (exact) mass is 249 g/mol. The summed E-state index contributed by atoms with van der Waals surface area (Å²) in [5.41, 5.74) is 1.43. The summed E-state index contributed by atoms with van der Waals surface area (Å²) in [7, 11) is 0. The lowest BCUT2D eigenvalue weighted by molar-refractivity contribution is 0.0696. The summed E-state index contributed by atoms with van der Waals surface area (Å²) in [5, 5.41) is 6.20. The van der Waals surface area contributed by atoms with Gasteiger partial charge in [-0.25, -0.2) is 0 Å². The predicted octanol–water partition coefficient (Wildman–Crippen LogP) is 1.42. The SMILES string of the molecule is CCNc1ccncc1C(=O)NC1CCOCC1. The third kappa shape index (κ3) is 3.20. The molecule has 0 saturated carbocycles. The highest BCUT2D eigenvalue weighted by atomic mass is 16.5. The molecule has 5 nitrogen and oxygen atoms in total. The van der Waals surface area contributed by atoms with Gasteiger partial charge in [-0.3, -0.25) is 9.78 Å². The van der Waals surface area contributed by atoms with Gasteiger partial charge in [-0.05, 0) is 25.8 Å². The number of rotatable bonds is 4. The number of anilines is 1. The molecule has 1 fully saturated rings. The number of nitrogens with one attached hydrogen (secondary N) is 2. The van der Waals surface area contributed by atoms with Crippen LogP contribution >= 0.6 is 0 Å². The van der Waals surface area contributed by atoms with Gasteiger partial charge in [-0.1, -0.05) is 0 Å². The zero-order valence-electron chi connectivity index (χ0n) is 10.6. The first-order chi connectivity index (χ1) is 8.81. The van der Waals surface area contributed by atoms with Crippen molar-refractivity contribution in [2.24, 2.45) is 0 Å². The normalized spacial score (nSPS) is 16.3. The van der Waals surface area contributed by atoms with Gasteiger partial charge in [0.15, 0.2) is 0 Å². The van der Waals surface area contributed by atoms with Crippen molar-refractivity contribution >= 4 is 11.6 Å². The summed E-state index contributed by atoms with van der Waals surface area (Å²) in [6.45, 7) is 4.22. The first-order valence-corrected chi connectivity index (χ1v) is 6.37. The minimum atomic E-state index is -0.0639. The molecule has 0 atom stereocenters. The molecule has 0 aromatic carbocycles. The largest absolute Gasteiger partial charge is 0.385 e. The molecular weight excluding hydrogens is 230 g/mol. The second kappa shape index (κ2) is 6.35. The van der Waals surface area contributed by atoms with Crippen molar-refractivity contribution in [3.63, 3.8) is 0 Å². The van der Waals surface area contributed by atoms with E-state index < -0.39 is 0 Å². The van der Waals surface area contributed by atoms with Gasteiger partial charge in [0.2, 0.25) is 0 Å². The molecule has 0 radical (unpaired) electrons. The molecule has 1 amide bonds. The summed E-state index contributed by atoms with van der Waals surface area (Å²) < 4.78 is 5.27. The summed E-state index contributed by atoms with van der Waals surface area (Å²) in [5.74, 6) is -0.0639. The van der Waals surface area contributed by atoms with Crippen LogP contribution in [0.4, 0.5) is 5.69 Å². The molecule has 1 aromatic rings. The zero-order chi connectivity index (χ0) is 12.8. The van der Waals surface area contributed by atoms with Crippen LogP contribution in [0.1, 0.15) is 30.1 Å². The number of carbonyl (C=O) groups excluding carboxylic acids is 1. The van der Waals surface area contributed by atoms with Crippen LogP contribution in [-0.4, -0.2) is 36.7 Å². The Bertz CT molecular complexity index is 403. The maximum absolute atomic E-state index is 12.2. The average molecular weight is 249 g/mol. The molecule has 1 aliphatic rings. The van der Waals surface area contributed by atoms with Gasteiger partial charge in [-0.2, -0.15) is 0 Å². The van der Waals surface area contributed by atoms with Crippen molar-refractivity contribution in [2.45, 2.75) is 25.8 Å². The van der Waals surface area contributed by atoms with E-state index in [4.69, 9.17) is 4.74 Å². The van der Waals surface area contributed by atoms with Gasteiger partial charge in [0.25, 0.3) is 5.91 Å². The second-order valence-corrected chi connectivity index (χ2v) is 4.31. The fourth-order valence-corrected chi connectivity index (χ4v) is 2.03. The van der Waals surface area contributed by atoms with E-state index in [1.54, 1.807) is 12.4 Å². The van der Waals surface area contributed by atoms with E-state index in [0.29, 0.717) is 5.56 Å². The molecule has 18 heavy (non-hydrogen) atoms. The van der Waals surface area contributed by atoms with Gasteiger partial charge >= 0.3 is 0 Å². The lowest BCUT2D eigenvalue weighted by Crippen LogP contribution is -2.39. The maximum Gasteiger partial charge on any atom is 0.255 e. The lowest BCUT2D eigenvalue weighted by Gasteiger charge is -2.23. The minimum absolute atomic E-state index is 0.0639. The number of nitrogens with zero attached hydrogens (tertiary/aromatic N) is 1. The van der Waals surface area contributed by atoms with E-state index in [0.717, 1.165) is 38.3 Å². The van der Waals surface area contributed by atoms with Gasteiger partial charge in [0.05, 0.1) is 11.3 Å². The van der Waals surface area contributed by atoms with Gasteiger partial charge in [-0.15, -0.1) is 0 Å². The van der Waals surface area contributed by atoms with Crippen LogP contribution in [0.15, 0.2) is 18.5 Å². The first kappa shape index (κ1) is 12.8. The van der Waals surface area contributed by atoms with Crippen LogP contribution in [0.5, 0.6) is 0 Å². The Morgan fingerprint density at radius 2 is 2.28 bits per heavy atom. The molecule has 5 heteroatoms. The molecule has 2 heterocycles. The van der Waals surface area contributed by atoms with Gasteiger partial charge < -0.3 is 15.4 Å². The molecule has 1 aromatic heterocycles. The Morgan fingerprint density at radius 3 is 3.00 bits per heavy atom. The van der Waals surface area contributed by atoms with Gasteiger partial charge in [0.1, 0.15) is 0 Å². The number of hydrogen-bond acceptors (Lipinski definition) is 4. The Hall–Kier alpha value is -1.62. The van der Waals surface area contributed by atoms with E-state index in [1.165, 1.54) is 0 Å². The van der Waals surface area contributed by atoms with Crippen molar-refractivity contribution in [3.05, 3.63) is 24.0 Å². The predicted molar refractivity (Wildman–Crippen MR) is 69.7 cm³/mol. The Morgan fingerprint density at radius 1 is 1.50 bits per heavy atom.